The van der Waals surface area contributed by atoms with Crippen molar-refractivity contribution in [2.45, 2.75) is 51.4 Å². The largest absolute Gasteiger partial charge is 0.508 e. The molecule has 1 aromatic heterocycles. The first-order valence-corrected chi connectivity index (χ1v) is 24.7. The summed E-state index contributed by atoms with van der Waals surface area (Å²) >= 11 is 0. The second kappa shape index (κ2) is 22.5. The van der Waals surface area contributed by atoms with Crippen LogP contribution in [0.25, 0.3) is 22.3 Å². The van der Waals surface area contributed by atoms with Gasteiger partial charge in [0.05, 0.1) is 7.11 Å². The Morgan fingerprint density at radius 1 is 0.479 bits per heavy atom. The molecular formula is C65H63ClN4O3. The highest BCUT2D eigenvalue weighted by Gasteiger charge is 2.37. The molecule has 3 aliphatic rings. The molecule has 0 unspecified atom stereocenters. The maximum Gasteiger partial charge on any atom is 0.222 e. The molecule has 0 bridgehead atoms. The van der Waals surface area contributed by atoms with Crippen molar-refractivity contribution in [3.05, 3.63) is 247 Å². The molecule has 2 heterocycles. The number of methoxy groups -OCH3 is 1. The summed E-state index contributed by atoms with van der Waals surface area (Å²) in [6.07, 6.45) is 5.31. The summed E-state index contributed by atoms with van der Waals surface area (Å²) in [5, 5.41) is 10.0. The fourth-order valence-electron chi connectivity index (χ4n) is 10.2. The van der Waals surface area contributed by atoms with E-state index in [4.69, 9.17) is 4.74 Å². The number of amides is 1. The van der Waals surface area contributed by atoms with E-state index in [1.807, 2.05) is 43.4 Å². The van der Waals surface area contributed by atoms with Crippen LogP contribution in [0.15, 0.2) is 225 Å². The lowest BCUT2D eigenvalue weighted by Gasteiger charge is -2.28. The first-order valence-electron chi connectivity index (χ1n) is 24.7. The molecule has 73 heavy (non-hydrogen) atoms. The van der Waals surface area contributed by atoms with Crippen LogP contribution in [0, 0.1) is 0 Å². The van der Waals surface area contributed by atoms with E-state index < -0.39 is 0 Å². The number of rotatable bonds is 7. The molecule has 0 atom stereocenters. The zero-order chi connectivity index (χ0) is 50.2. The zero-order valence-electron chi connectivity index (χ0n) is 42.4. The Labute approximate surface area is 437 Å². The van der Waals surface area contributed by atoms with Crippen molar-refractivity contribution < 1.29 is 14.6 Å². The number of anilines is 6. The van der Waals surface area contributed by atoms with Crippen molar-refractivity contribution in [2.24, 2.45) is 0 Å². The SMILES string of the molecule is CC1(C)c2ccc(O)cc2-c2ccc(N(c3ccccc3)c3ccccc3)cc21.CN1CCCC1=O.COc1ccc2c(c1)-c1ccc(N(c3ccccc3)c3ccccc3)cc1C2(C)C.Cl.c1ccncc1. The van der Waals surface area contributed by atoms with E-state index in [0.29, 0.717) is 11.7 Å². The maximum absolute atomic E-state index is 10.5. The third-order valence-electron chi connectivity index (χ3n) is 14.0. The summed E-state index contributed by atoms with van der Waals surface area (Å²) < 4.78 is 5.49. The van der Waals surface area contributed by atoms with E-state index in [9.17, 15) is 9.90 Å². The van der Waals surface area contributed by atoms with E-state index in [2.05, 4.69) is 212 Å². The van der Waals surface area contributed by atoms with Crippen LogP contribution in [-0.4, -0.2) is 41.6 Å². The van der Waals surface area contributed by atoms with Gasteiger partial charge >= 0.3 is 0 Å². The number of phenols is 1. The number of hydrogen-bond donors (Lipinski definition) is 1. The molecule has 1 amide bonds. The monoisotopic (exact) mass is 982 g/mol. The van der Waals surface area contributed by atoms with Crippen molar-refractivity contribution >= 4 is 52.4 Å². The van der Waals surface area contributed by atoms with Gasteiger partial charge in [0, 0.05) is 77.4 Å². The van der Waals surface area contributed by atoms with Crippen LogP contribution >= 0.6 is 12.4 Å². The molecule has 0 saturated carbocycles. The van der Waals surface area contributed by atoms with Gasteiger partial charge in [-0.1, -0.05) is 131 Å². The molecule has 8 heteroatoms. The van der Waals surface area contributed by atoms with Crippen LogP contribution in [-0.2, 0) is 15.6 Å². The number of halogens is 1. The molecule has 12 rings (SSSR count). The zero-order valence-corrected chi connectivity index (χ0v) is 43.3. The number of phenolic OH excluding ortho intramolecular Hbond substituents is 1. The number of aromatic hydroxyl groups is 1. The highest BCUT2D eigenvalue weighted by molar-refractivity contribution is 5.88. The van der Waals surface area contributed by atoms with Gasteiger partial charge in [-0.3, -0.25) is 9.78 Å². The number of carbonyl (C=O) groups is 1. The minimum Gasteiger partial charge on any atom is -0.508 e. The Balaban J connectivity index is 0.000000154. The molecule has 1 aliphatic heterocycles. The lowest BCUT2D eigenvalue weighted by molar-refractivity contribution is -0.126. The number of carbonyl (C=O) groups excluding carboxylic acids is 1. The lowest BCUT2D eigenvalue weighted by Crippen LogP contribution is -2.17. The molecule has 368 valence electrons. The summed E-state index contributed by atoms with van der Waals surface area (Å²) in [6.45, 7) is 10.1. The van der Waals surface area contributed by atoms with Gasteiger partial charge in [0.25, 0.3) is 0 Å². The quantitative estimate of drug-likeness (QED) is 0.172. The number of hydrogen-bond acceptors (Lipinski definition) is 6. The Morgan fingerprint density at radius 2 is 0.890 bits per heavy atom. The fourth-order valence-corrected chi connectivity index (χ4v) is 10.2. The van der Waals surface area contributed by atoms with E-state index in [0.717, 1.165) is 59.1 Å². The first kappa shape index (κ1) is 51.2. The van der Waals surface area contributed by atoms with Gasteiger partial charge in [0.2, 0.25) is 5.91 Å². The first-order chi connectivity index (χ1) is 34.9. The third kappa shape index (κ3) is 10.9. The highest BCUT2D eigenvalue weighted by Crippen LogP contribution is 2.53. The highest BCUT2D eigenvalue weighted by atomic mass is 35.5. The van der Waals surface area contributed by atoms with Crippen molar-refractivity contribution in [3.63, 3.8) is 0 Å². The second-order valence-electron chi connectivity index (χ2n) is 19.3. The van der Waals surface area contributed by atoms with Crippen molar-refractivity contribution in [1.29, 1.82) is 0 Å². The van der Waals surface area contributed by atoms with Gasteiger partial charge in [0.1, 0.15) is 11.5 Å². The number of pyridine rings is 1. The number of para-hydroxylation sites is 4. The van der Waals surface area contributed by atoms with Crippen LogP contribution in [0.4, 0.5) is 34.1 Å². The van der Waals surface area contributed by atoms with Gasteiger partial charge < -0.3 is 24.5 Å². The lowest BCUT2D eigenvalue weighted by atomic mass is 9.82. The Morgan fingerprint density at radius 3 is 1.23 bits per heavy atom. The van der Waals surface area contributed by atoms with Gasteiger partial charge in [0.15, 0.2) is 0 Å². The minimum atomic E-state index is -0.118. The average molecular weight is 984 g/mol. The maximum atomic E-state index is 10.5. The summed E-state index contributed by atoms with van der Waals surface area (Å²) in [6, 6.07) is 73.4. The van der Waals surface area contributed by atoms with Crippen LogP contribution in [0.1, 0.15) is 62.8 Å². The van der Waals surface area contributed by atoms with Crippen LogP contribution in [0.5, 0.6) is 11.5 Å². The number of benzene rings is 8. The standard InChI is InChI=1S/C28H25NO.C27H23NO.C5H9NO.C5H5N.ClH/c1-28(2)26-17-15-23(30-3)19-25(26)24-16-14-22(18-27(24)28)29(20-10-6-4-7-11-20)21-12-8-5-9-13-21;1-27(2)25-16-14-22(29)18-24(25)23-15-13-21(17-26(23)27)28(19-9-5-3-6-10-19)20-11-7-4-8-12-20;1-6-4-2-3-5(6)7;1-2-4-6-5-3-1;/h4-19H,1-3H3;3-18,29H,1-2H3;2-4H2,1H3;1-5H;1H. The summed E-state index contributed by atoms with van der Waals surface area (Å²) in [7, 11) is 3.57. The molecule has 2 aliphatic carbocycles. The minimum absolute atomic E-state index is 0. The van der Waals surface area contributed by atoms with Crippen molar-refractivity contribution in [2.75, 3.05) is 30.5 Å². The molecule has 0 radical (unpaired) electrons. The second-order valence-corrected chi connectivity index (χ2v) is 19.3. The average Bonchev–Trinajstić information content (AvgIpc) is 3.99. The Kier molecular flexibility index (Phi) is 15.8. The van der Waals surface area contributed by atoms with Crippen LogP contribution in [0.2, 0.25) is 0 Å². The number of likely N-dealkylation sites (tertiary alicyclic amines) is 1. The number of ether oxygens (including phenoxy) is 1. The van der Waals surface area contributed by atoms with Crippen LogP contribution in [0.3, 0.4) is 0 Å². The van der Waals surface area contributed by atoms with Crippen molar-refractivity contribution in [1.82, 2.24) is 9.88 Å². The predicted molar refractivity (Wildman–Crippen MR) is 304 cm³/mol. The predicted octanol–water partition coefficient (Wildman–Crippen LogP) is 16.4. The van der Waals surface area contributed by atoms with Gasteiger partial charge in [-0.25, -0.2) is 0 Å². The van der Waals surface area contributed by atoms with Crippen LogP contribution < -0.4 is 14.5 Å². The molecule has 0 spiro atoms. The summed E-state index contributed by atoms with van der Waals surface area (Å²) in [4.78, 5) is 20.7. The molecule has 9 aromatic rings. The van der Waals surface area contributed by atoms with Gasteiger partial charge in [-0.05, 0) is 160 Å². The fraction of sp³-hybridized carbons (Fsp3) is 0.169. The summed E-state index contributed by atoms with van der Waals surface area (Å²) in [5.41, 5.74) is 16.8. The molecule has 1 N–H and O–H groups in total. The smallest absolute Gasteiger partial charge is 0.222 e. The van der Waals surface area contributed by atoms with E-state index in [1.165, 1.54) is 44.6 Å². The van der Waals surface area contributed by atoms with E-state index in [1.54, 1.807) is 30.5 Å². The van der Waals surface area contributed by atoms with E-state index >= 15 is 0 Å². The Hall–Kier alpha value is -8.13. The molecule has 8 aromatic carbocycles. The number of fused-ring (bicyclic) bond motifs is 6. The molecule has 7 nitrogen and oxygen atoms in total. The molecule has 1 fully saturated rings. The molecule has 1 saturated heterocycles. The summed E-state index contributed by atoms with van der Waals surface area (Å²) in [5.74, 6) is 1.50. The third-order valence-corrected chi connectivity index (χ3v) is 14.0. The number of nitrogens with zero attached hydrogens (tertiary/aromatic N) is 4. The number of aromatic nitrogens is 1. The van der Waals surface area contributed by atoms with Crippen molar-refractivity contribution in [3.8, 4) is 33.8 Å². The molecular weight excluding hydrogens is 920 g/mol. The van der Waals surface area contributed by atoms with Gasteiger partial charge in [-0.2, -0.15) is 0 Å². The van der Waals surface area contributed by atoms with Gasteiger partial charge in [-0.15, -0.1) is 12.4 Å². The topological polar surface area (TPSA) is 69.1 Å². The Bertz CT molecular complexity index is 3160. The van der Waals surface area contributed by atoms with E-state index in [-0.39, 0.29) is 23.2 Å². The normalized spacial score (nSPS) is 13.6.